The van der Waals surface area contributed by atoms with Gasteiger partial charge in [-0.2, -0.15) is 0 Å². The summed E-state index contributed by atoms with van der Waals surface area (Å²) in [6, 6.07) is 0. The van der Waals surface area contributed by atoms with E-state index < -0.39 is 0 Å². The van der Waals surface area contributed by atoms with Crippen LogP contribution in [0.4, 0.5) is 0 Å². The third-order valence-electron chi connectivity index (χ3n) is 8.27. The second-order valence-corrected chi connectivity index (χ2v) is 9.58. The highest BCUT2D eigenvalue weighted by atomic mass is 15.2. The van der Waals surface area contributed by atoms with Crippen LogP contribution in [-0.2, 0) is 0 Å². The van der Waals surface area contributed by atoms with Crippen molar-refractivity contribution in [1.82, 2.24) is 0 Å². The first-order valence-electron chi connectivity index (χ1n) is 8.53. The molecular formula is C16H22N6. The van der Waals surface area contributed by atoms with Gasteiger partial charge in [-0.15, -0.1) is 0 Å². The lowest BCUT2D eigenvalue weighted by atomic mass is 9.27. The molecule has 7 aliphatic carbocycles. The summed E-state index contributed by atoms with van der Waals surface area (Å²) in [6.45, 7) is 4.73. The Labute approximate surface area is 129 Å². The monoisotopic (exact) mass is 298 g/mol. The first-order chi connectivity index (χ1) is 10.4. The van der Waals surface area contributed by atoms with Gasteiger partial charge in [-0.25, -0.2) is 0 Å². The molecule has 22 heavy (non-hydrogen) atoms. The molecule has 0 aliphatic heterocycles. The predicted octanol–water partition coefficient (Wildman–Crippen LogP) is 4.97. The highest BCUT2D eigenvalue weighted by molar-refractivity contribution is 5.33. The smallest absolute Gasteiger partial charge is 0.0555 e. The van der Waals surface area contributed by atoms with Crippen molar-refractivity contribution in [2.24, 2.45) is 44.7 Å². The van der Waals surface area contributed by atoms with E-state index in [2.05, 4.69) is 33.9 Å². The first-order valence-corrected chi connectivity index (χ1v) is 8.53. The van der Waals surface area contributed by atoms with Crippen LogP contribution in [-0.4, -0.2) is 11.1 Å². The van der Waals surface area contributed by atoms with Crippen LogP contribution in [0.1, 0.15) is 52.4 Å². The van der Waals surface area contributed by atoms with Gasteiger partial charge in [0, 0.05) is 9.82 Å². The maximum absolute atomic E-state index is 9.25. The molecule has 4 unspecified atom stereocenters. The molecule has 0 heterocycles. The number of nitrogens with zero attached hydrogens (tertiary/aromatic N) is 6. The van der Waals surface area contributed by atoms with Crippen LogP contribution in [0, 0.1) is 34.5 Å². The zero-order valence-electron chi connectivity index (χ0n) is 13.2. The molecule has 0 aromatic rings. The molecule has 0 aromatic carbocycles. The molecule has 4 atom stereocenters. The number of azide groups is 2. The van der Waals surface area contributed by atoms with E-state index in [-0.39, 0.29) is 21.9 Å². The van der Waals surface area contributed by atoms with Crippen molar-refractivity contribution in [3.05, 3.63) is 20.9 Å². The van der Waals surface area contributed by atoms with Crippen molar-refractivity contribution in [2.45, 2.75) is 63.5 Å². The van der Waals surface area contributed by atoms with Crippen molar-refractivity contribution in [3.8, 4) is 0 Å². The Hall–Kier alpha value is -1.38. The summed E-state index contributed by atoms with van der Waals surface area (Å²) in [5.74, 6) is 1.71. The zero-order valence-corrected chi connectivity index (χ0v) is 13.2. The molecular weight excluding hydrogens is 276 g/mol. The minimum absolute atomic E-state index is 0.191. The van der Waals surface area contributed by atoms with E-state index in [0.29, 0.717) is 23.7 Å². The Morgan fingerprint density at radius 3 is 1.32 bits per heavy atom. The molecule has 116 valence electrons. The molecule has 8 bridgehead atoms. The molecule has 7 rings (SSSR count). The summed E-state index contributed by atoms with van der Waals surface area (Å²) < 4.78 is 0. The Morgan fingerprint density at radius 2 is 1.05 bits per heavy atom. The van der Waals surface area contributed by atoms with E-state index in [9.17, 15) is 11.1 Å². The molecule has 6 heteroatoms. The third kappa shape index (κ3) is 1.16. The van der Waals surface area contributed by atoms with Crippen LogP contribution >= 0.6 is 0 Å². The van der Waals surface area contributed by atoms with Crippen LogP contribution in [0.3, 0.4) is 0 Å². The molecule has 0 amide bonds. The van der Waals surface area contributed by atoms with Crippen LogP contribution < -0.4 is 0 Å². The van der Waals surface area contributed by atoms with Crippen LogP contribution in [0.5, 0.6) is 0 Å². The largest absolute Gasteiger partial charge is 0.0866 e. The SMILES string of the molecule is CC12CC3C4CC5(C)CC(C(C1)C3(N=[N+]=[N-])C5)C4(N=[N+]=[N-])C2. The van der Waals surface area contributed by atoms with E-state index in [1.165, 1.54) is 0 Å². The second kappa shape index (κ2) is 3.42. The fourth-order valence-electron chi connectivity index (χ4n) is 8.22. The lowest BCUT2D eigenvalue weighted by Crippen LogP contribution is -2.79. The second-order valence-electron chi connectivity index (χ2n) is 9.58. The topological polar surface area (TPSA) is 97.5 Å². The van der Waals surface area contributed by atoms with Gasteiger partial charge in [0.1, 0.15) is 0 Å². The van der Waals surface area contributed by atoms with E-state index in [1.807, 2.05) is 0 Å². The minimum Gasteiger partial charge on any atom is -0.0866 e. The van der Waals surface area contributed by atoms with Gasteiger partial charge in [0.05, 0.1) is 11.1 Å². The average molecular weight is 298 g/mol. The molecule has 0 aromatic heterocycles. The molecule has 0 spiro atoms. The van der Waals surface area contributed by atoms with Crippen molar-refractivity contribution in [2.75, 3.05) is 0 Å². The van der Waals surface area contributed by atoms with Crippen LogP contribution in [0.25, 0.3) is 20.9 Å². The van der Waals surface area contributed by atoms with E-state index in [4.69, 9.17) is 0 Å². The summed E-state index contributed by atoms with van der Waals surface area (Å²) in [5, 5.41) is 8.94. The lowest BCUT2D eigenvalue weighted by Gasteiger charge is -2.80. The quantitative estimate of drug-likeness (QED) is 0.390. The van der Waals surface area contributed by atoms with E-state index in [0.717, 1.165) is 38.5 Å². The maximum atomic E-state index is 9.25. The van der Waals surface area contributed by atoms with E-state index in [1.54, 1.807) is 0 Å². The van der Waals surface area contributed by atoms with Crippen molar-refractivity contribution in [1.29, 1.82) is 0 Å². The van der Waals surface area contributed by atoms with Gasteiger partial charge in [-0.05, 0) is 84.1 Å². The summed E-state index contributed by atoms with van der Waals surface area (Å²) in [6.07, 6.45) is 6.71. The lowest BCUT2D eigenvalue weighted by molar-refractivity contribution is -0.268. The summed E-state index contributed by atoms with van der Waals surface area (Å²) in [4.78, 5) is 6.58. The first kappa shape index (κ1) is 13.1. The predicted molar refractivity (Wildman–Crippen MR) is 81.6 cm³/mol. The van der Waals surface area contributed by atoms with Crippen molar-refractivity contribution in [3.63, 3.8) is 0 Å². The van der Waals surface area contributed by atoms with Gasteiger partial charge in [-0.3, -0.25) is 0 Å². The molecule has 7 aliphatic rings. The van der Waals surface area contributed by atoms with Crippen molar-refractivity contribution < 1.29 is 0 Å². The maximum Gasteiger partial charge on any atom is 0.0555 e. The van der Waals surface area contributed by atoms with Gasteiger partial charge in [0.2, 0.25) is 0 Å². The zero-order chi connectivity index (χ0) is 15.4. The van der Waals surface area contributed by atoms with Crippen LogP contribution in [0.2, 0.25) is 0 Å². The molecule has 7 saturated carbocycles. The molecule has 0 saturated heterocycles. The average Bonchev–Trinajstić information content (AvgIpc) is 2.43. The fraction of sp³-hybridized carbons (Fsp3) is 1.00. The number of hydrogen-bond donors (Lipinski definition) is 0. The highest BCUT2D eigenvalue weighted by Crippen LogP contribution is 2.80. The van der Waals surface area contributed by atoms with Gasteiger partial charge in [0.15, 0.2) is 0 Å². The van der Waals surface area contributed by atoms with Crippen molar-refractivity contribution >= 4 is 0 Å². The molecule has 6 nitrogen and oxygen atoms in total. The Kier molecular flexibility index (Phi) is 2.03. The minimum atomic E-state index is -0.191. The van der Waals surface area contributed by atoms with Gasteiger partial charge < -0.3 is 0 Å². The molecule has 7 fully saturated rings. The normalized spacial score (nSPS) is 62.6. The standard InChI is InChI=1S/C16H22N6/c1-13-3-9-11-5-14(2)6-12(15(11,7-13)19-21-17)10(4-13)16(9,8-14)20-22-18/h9-12H,3-8H2,1-2H3. The molecule has 0 N–H and O–H groups in total. The highest BCUT2D eigenvalue weighted by Gasteiger charge is 2.78. The molecule has 0 radical (unpaired) electrons. The summed E-state index contributed by atoms with van der Waals surface area (Å²) >= 11 is 0. The third-order valence-corrected chi connectivity index (χ3v) is 8.27. The number of rotatable bonds is 2. The Bertz CT molecular complexity index is 588. The van der Waals surface area contributed by atoms with Gasteiger partial charge in [-0.1, -0.05) is 24.1 Å². The Morgan fingerprint density at radius 1 is 0.727 bits per heavy atom. The van der Waals surface area contributed by atoms with Crippen LogP contribution in [0.15, 0.2) is 10.2 Å². The van der Waals surface area contributed by atoms with E-state index >= 15 is 0 Å². The summed E-state index contributed by atoms with van der Waals surface area (Å²) in [7, 11) is 0. The van der Waals surface area contributed by atoms with Gasteiger partial charge in [0.25, 0.3) is 0 Å². The van der Waals surface area contributed by atoms with Gasteiger partial charge >= 0.3 is 0 Å². The Balaban J connectivity index is 1.79. The summed E-state index contributed by atoms with van der Waals surface area (Å²) in [5.41, 5.74) is 18.7. The number of hydrogen-bond acceptors (Lipinski definition) is 2. The fourth-order valence-corrected chi connectivity index (χ4v) is 8.22.